The molecule has 1 saturated heterocycles. The van der Waals surface area contributed by atoms with Crippen molar-refractivity contribution in [1.29, 1.82) is 0 Å². The highest BCUT2D eigenvalue weighted by Gasteiger charge is 2.24. The van der Waals surface area contributed by atoms with Crippen LogP contribution < -0.4 is 15.5 Å². The Hall–Kier alpha value is -3.22. The standard InChI is InChI=1S/C20H24N4O3/c1-15(19(26)22-17-9-5-6-10-18(17)25)21-20(27)24-13-11-23(12-14-24)16-7-3-2-4-8-16/h2-10,15,25H,11-14H2,1H3,(H,21,27)(H,22,26). The normalized spacial score (nSPS) is 15.1. The highest BCUT2D eigenvalue weighted by Crippen LogP contribution is 2.21. The lowest BCUT2D eigenvalue weighted by atomic mass is 10.2. The van der Waals surface area contributed by atoms with Crippen LogP contribution in [0, 0.1) is 0 Å². The van der Waals surface area contributed by atoms with Crippen LogP contribution in [0.25, 0.3) is 0 Å². The third-order valence-electron chi connectivity index (χ3n) is 4.58. The Kier molecular flexibility index (Phi) is 5.80. The van der Waals surface area contributed by atoms with Crippen LogP contribution in [0.3, 0.4) is 0 Å². The zero-order valence-corrected chi connectivity index (χ0v) is 15.3. The molecule has 0 spiro atoms. The monoisotopic (exact) mass is 368 g/mol. The fraction of sp³-hybridized carbons (Fsp3) is 0.300. The number of hydrogen-bond donors (Lipinski definition) is 3. The third kappa shape index (κ3) is 4.69. The number of rotatable bonds is 4. The molecule has 0 aliphatic carbocycles. The molecule has 7 nitrogen and oxygen atoms in total. The molecule has 0 bridgehead atoms. The molecule has 1 atom stereocenters. The van der Waals surface area contributed by atoms with Crippen molar-refractivity contribution in [2.45, 2.75) is 13.0 Å². The van der Waals surface area contributed by atoms with Crippen molar-refractivity contribution in [3.8, 4) is 5.75 Å². The van der Waals surface area contributed by atoms with Gasteiger partial charge in [0.15, 0.2) is 0 Å². The predicted molar refractivity (Wildman–Crippen MR) is 105 cm³/mol. The van der Waals surface area contributed by atoms with E-state index in [4.69, 9.17) is 0 Å². The van der Waals surface area contributed by atoms with E-state index in [0.29, 0.717) is 18.8 Å². The number of anilines is 2. The highest BCUT2D eigenvalue weighted by atomic mass is 16.3. The second kappa shape index (κ2) is 8.44. The van der Waals surface area contributed by atoms with Crippen LogP contribution in [0.15, 0.2) is 54.6 Å². The van der Waals surface area contributed by atoms with Crippen LogP contribution in [0.5, 0.6) is 5.75 Å². The topological polar surface area (TPSA) is 84.9 Å². The molecule has 1 fully saturated rings. The molecule has 0 saturated carbocycles. The Morgan fingerprint density at radius 3 is 2.26 bits per heavy atom. The van der Waals surface area contributed by atoms with Crippen molar-refractivity contribution in [2.24, 2.45) is 0 Å². The SMILES string of the molecule is CC(NC(=O)N1CCN(c2ccccc2)CC1)C(=O)Nc1ccccc1O. The van der Waals surface area contributed by atoms with Gasteiger partial charge >= 0.3 is 6.03 Å². The fourth-order valence-corrected chi connectivity index (χ4v) is 2.97. The predicted octanol–water partition coefficient (Wildman–Crippen LogP) is 2.25. The molecular weight excluding hydrogens is 344 g/mol. The average molecular weight is 368 g/mol. The summed E-state index contributed by atoms with van der Waals surface area (Å²) in [5.74, 6) is -0.394. The largest absolute Gasteiger partial charge is 0.506 e. The van der Waals surface area contributed by atoms with E-state index in [1.54, 1.807) is 30.0 Å². The van der Waals surface area contributed by atoms with Gasteiger partial charge in [-0.2, -0.15) is 0 Å². The Morgan fingerprint density at radius 1 is 0.963 bits per heavy atom. The number of benzene rings is 2. The highest BCUT2D eigenvalue weighted by molar-refractivity contribution is 5.97. The first-order valence-corrected chi connectivity index (χ1v) is 8.99. The maximum Gasteiger partial charge on any atom is 0.318 e. The van der Waals surface area contributed by atoms with E-state index in [1.807, 2.05) is 18.2 Å². The second-order valence-corrected chi connectivity index (χ2v) is 6.49. The van der Waals surface area contributed by atoms with Crippen molar-refractivity contribution < 1.29 is 14.7 Å². The minimum Gasteiger partial charge on any atom is -0.506 e. The van der Waals surface area contributed by atoms with Crippen LogP contribution >= 0.6 is 0 Å². The van der Waals surface area contributed by atoms with Gasteiger partial charge in [0.05, 0.1) is 5.69 Å². The minimum atomic E-state index is -0.718. The number of nitrogens with zero attached hydrogens (tertiary/aromatic N) is 2. The summed E-state index contributed by atoms with van der Waals surface area (Å²) in [6.45, 7) is 4.29. The first-order chi connectivity index (χ1) is 13.0. The molecule has 0 radical (unpaired) electrons. The zero-order chi connectivity index (χ0) is 19.2. The van der Waals surface area contributed by atoms with E-state index in [1.165, 1.54) is 6.07 Å². The Morgan fingerprint density at radius 2 is 1.59 bits per heavy atom. The van der Waals surface area contributed by atoms with Crippen LogP contribution in [-0.4, -0.2) is 54.2 Å². The molecule has 1 unspecified atom stereocenters. The molecule has 0 aromatic heterocycles. The molecule has 1 aliphatic heterocycles. The summed E-state index contributed by atoms with van der Waals surface area (Å²) >= 11 is 0. The molecule has 3 N–H and O–H groups in total. The van der Waals surface area contributed by atoms with E-state index in [0.717, 1.165) is 18.8 Å². The quantitative estimate of drug-likeness (QED) is 0.723. The third-order valence-corrected chi connectivity index (χ3v) is 4.58. The van der Waals surface area contributed by atoms with Crippen molar-refractivity contribution in [3.63, 3.8) is 0 Å². The molecule has 1 aliphatic rings. The van der Waals surface area contributed by atoms with E-state index in [9.17, 15) is 14.7 Å². The van der Waals surface area contributed by atoms with Crippen LogP contribution in [0.4, 0.5) is 16.2 Å². The van der Waals surface area contributed by atoms with E-state index in [2.05, 4.69) is 27.7 Å². The van der Waals surface area contributed by atoms with Gasteiger partial charge in [-0.1, -0.05) is 30.3 Å². The minimum absolute atomic E-state index is 0.0126. The number of urea groups is 1. The Balaban J connectivity index is 1.49. The summed E-state index contributed by atoms with van der Waals surface area (Å²) in [4.78, 5) is 28.6. The lowest BCUT2D eigenvalue weighted by Crippen LogP contribution is -2.54. The molecule has 27 heavy (non-hydrogen) atoms. The number of carbonyl (C=O) groups excluding carboxylic acids is 2. The number of phenols is 1. The van der Waals surface area contributed by atoms with Gasteiger partial charge in [-0.3, -0.25) is 4.79 Å². The lowest BCUT2D eigenvalue weighted by molar-refractivity contribution is -0.117. The molecule has 142 valence electrons. The first kappa shape index (κ1) is 18.6. The van der Waals surface area contributed by atoms with Gasteiger partial charge in [-0.05, 0) is 31.2 Å². The first-order valence-electron chi connectivity index (χ1n) is 8.99. The molecule has 2 aromatic carbocycles. The van der Waals surface area contributed by atoms with Gasteiger partial charge in [0.25, 0.3) is 0 Å². The van der Waals surface area contributed by atoms with Crippen molar-refractivity contribution >= 4 is 23.3 Å². The molecule has 3 amide bonds. The van der Waals surface area contributed by atoms with Crippen LogP contribution in [0.2, 0.25) is 0 Å². The summed E-state index contributed by atoms with van der Waals surface area (Å²) in [5, 5.41) is 15.1. The van der Waals surface area contributed by atoms with Crippen molar-refractivity contribution in [2.75, 3.05) is 36.4 Å². The van der Waals surface area contributed by atoms with Crippen molar-refractivity contribution in [3.05, 3.63) is 54.6 Å². The number of aromatic hydroxyl groups is 1. The number of phenolic OH excluding ortho intramolecular Hbond substituents is 1. The molecule has 1 heterocycles. The lowest BCUT2D eigenvalue weighted by Gasteiger charge is -2.36. The Bertz CT molecular complexity index is 789. The summed E-state index contributed by atoms with van der Waals surface area (Å²) in [5.41, 5.74) is 1.47. The zero-order valence-electron chi connectivity index (χ0n) is 15.3. The average Bonchev–Trinajstić information content (AvgIpc) is 2.70. The Labute approximate surface area is 158 Å². The number of hydrogen-bond acceptors (Lipinski definition) is 4. The van der Waals surface area contributed by atoms with Crippen molar-refractivity contribution in [1.82, 2.24) is 10.2 Å². The number of amides is 3. The second-order valence-electron chi connectivity index (χ2n) is 6.49. The summed E-state index contributed by atoms with van der Waals surface area (Å²) in [6.07, 6.45) is 0. The van der Waals surface area contributed by atoms with Gasteiger partial charge < -0.3 is 25.5 Å². The summed E-state index contributed by atoms with van der Waals surface area (Å²) in [7, 11) is 0. The van der Waals surface area contributed by atoms with Gasteiger partial charge in [-0.15, -0.1) is 0 Å². The summed E-state index contributed by atoms with van der Waals surface area (Å²) < 4.78 is 0. The number of piperazine rings is 1. The number of carbonyl (C=O) groups is 2. The molecular formula is C20H24N4O3. The number of nitrogens with one attached hydrogen (secondary N) is 2. The van der Waals surface area contributed by atoms with E-state index >= 15 is 0 Å². The van der Waals surface area contributed by atoms with Gasteiger partial charge in [0.1, 0.15) is 11.8 Å². The maximum atomic E-state index is 12.4. The van der Waals surface area contributed by atoms with E-state index < -0.39 is 6.04 Å². The molecule has 3 rings (SSSR count). The molecule has 2 aromatic rings. The maximum absolute atomic E-state index is 12.4. The van der Waals surface area contributed by atoms with E-state index in [-0.39, 0.29) is 17.7 Å². The fourth-order valence-electron chi connectivity index (χ4n) is 2.97. The van der Waals surface area contributed by atoms with Gasteiger partial charge in [0, 0.05) is 31.9 Å². The van der Waals surface area contributed by atoms with Gasteiger partial charge in [-0.25, -0.2) is 4.79 Å². The van der Waals surface area contributed by atoms with Crippen LogP contribution in [-0.2, 0) is 4.79 Å². The smallest absolute Gasteiger partial charge is 0.318 e. The molecule has 7 heteroatoms. The number of para-hydroxylation sites is 3. The van der Waals surface area contributed by atoms with Crippen LogP contribution in [0.1, 0.15) is 6.92 Å². The summed E-state index contributed by atoms with van der Waals surface area (Å²) in [6, 6.07) is 15.6. The van der Waals surface area contributed by atoms with Gasteiger partial charge in [0.2, 0.25) is 5.91 Å².